The second-order valence-corrected chi connectivity index (χ2v) is 7.66. The van der Waals surface area contributed by atoms with Crippen LogP contribution >= 0.6 is 0 Å². The average Bonchev–Trinajstić information content (AvgIpc) is 3.48. The van der Waals surface area contributed by atoms with Gasteiger partial charge in [-0.25, -0.2) is 9.97 Å². The normalized spacial score (nSPS) is 13.7. The van der Waals surface area contributed by atoms with E-state index in [1.54, 1.807) is 6.33 Å². The van der Waals surface area contributed by atoms with Crippen molar-refractivity contribution in [1.82, 2.24) is 14.5 Å². The summed E-state index contributed by atoms with van der Waals surface area (Å²) in [6.45, 7) is 2.48. The molecule has 1 fully saturated rings. The molecule has 0 amide bonds. The number of aryl methyl sites for hydroxylation is 1. The van der Waals surface area contributed by atoms with Crippen LogP contribution in [0.25, 0.3) is 22.0 Å². The van der Waals surface area contributed by atoms with Crippen molar-refractivity contribution in [1.29, 1.82) is 0 Å². The summed E-state index contributed by atoms with van der Waals surface area (Å²) in [4.78, 5) is 8.90. The first-order chi connectivity index (χ1) is 14.1. The number of aromatic nitrogens is 3. The summed E-state index contributed by atoms with van der Waals surface area (Å²) in [5.41, 5.74) is 5.26. The van der Waals surface area contributed by atoms with E-state index in [0.29, 0.717) is 12.6 Å². The zero-order valence-electron chi connectivity index (χ0n) is 16.1. The van der Waals surface area contributed by atoms with Crippen molar-refractivity contribution < 1.29 is 10.2 Å². The third kappa shape index (κ3) is 3.38. The molecule has 1 saturated carbocycles. The summed E-state index contributed by atoms with van der Waals surface area (Å²) in [7, 11) is 0. The predicted molar refractivity (Wildman–Crippen MR) is 113 cm³/mol. The first kappa shape index (κ1) is 17.6. The minimum absolute atomic E-state index is 0.0442. The highest BCUT2D eigenvalue weighted by molar-refractivity contribution is 5.94. The maximum Gasteiger partial charge on any atom is 0.194 e. The van der Waals surface area contributed by atoms with Crippen LogP contribution in [0.1, 0.15) is 24.0 Å². The van der Waals surface area contributed by atoms with E-state index in [1.807, 2.05) is 12.1 Å². The largest absolute Gasteiger partial charge is 0.494 e. The fourth-order valence-electron chi connectivity index (χ4n) is 3.68. The Morgan fingerprint density at radius 1 is 1.03 bits per heavy atom. The van der Waals surface area contributed by atoms with Crippen molar-refractivity contribution in [3.63, 3.8) is 0 Å². The standard InChI is InChI=1S/C23H22N4O2/c1-14-9-20-19(23(25-13-24-20)26-17-5-6-17)11-18(14)16-4-2-3-15(10-16)12-27-21(28)7-8-22(27)29/h2-4,7-11,13,17,28-29H,5-6,12H2,1H3,(H,24,25,26). The van der Waals surface area contributed by atoms with Gasteiger partial charge >= 0.3 is 0 Å². The van der Waals surface area contributed by atoms with Gasteiger partial charge in [0.05, 0.1) is 12.1 Å². The molecule has 5 rings (SSSR count). The van der Waals surface area contributed by atoms with Gasteiger partial charge < -0.3 is 15.5 Å². The van der Waals surface area contributed by atoms with Gasteiger partial charge in [-0.2, -0.15) is 0 Å². The Morgan fingerprint density at radius 3 is 2.59 bits per heavy atom. The number of hydrogen-bond acceptors (Lipinski definition) is 5. The summed E-state index contributed by atoms with van der Waals surface area (Å²) < 4.78 is 1.47. The molecule has 2 heterocycles. The highest BCUT2D eigenvalue weighted by Gasteiger charge is 2.22. The van der Waals surface area contributed by atoms with Gasteiger partial charge in [-0.15, -0.1) is 0 Å². The third-order valence-corrected chi connectivity index (χ3v) is 5.41. The van der Waals surface area contributed by atoms with E-state index in [0.717, 1.165) is 39.0 Å². The molecule has 0 bridgehead atoms. The fraction of sp³-hybridized carbons (Fsp3) is 0.217. The summed E-state index contributed by atoms with van der Waals surface area (Å²) in [6.07, 6.45) is 3.99. The summed E-state index contributed by atoms with van der Waals surface area (Å²) >= 11 is 0. The molecule has 0 saturated heterocycles. The quantitative estimate of drug-likeness (QED) is 0.472. The van der Waals surface area contributed by atoms with E-state index in [2.05, 4.69) is 46.5 Å². The molecule has 146 valence electrons. The second kappa shape index (κ2) is 6.81. The molecule has 2 aromatic heterocycles. The van der Waals surface area contributed by atoms with Gasteiger partial charge in [-0.1, -0.05) is 18.2 Å². The van der Waals surface area contributed by atoms with E-state index in [9.17, 15) is 10.2 Å². The van der Waals surface area contributed by atoms with E-state index < -0.39 is 0 Å². The number of benzene rings is 2. The molecule has 29 heavy (non-hydrogen) atoms. The molecule has 0 unspecified atom stereocenters. The van der Waals surface area contributed by atoms with Crippen molar-refractivity contribution in [3.05, 3.63) is 66.0 Å². The van der Waals surface area contributed by atoms with Crippen molar-refractivity contribution in [2.24, 2.45) is 0 Å². The van der Waals surface area contributed by atoms with Crippen LogP contribution in [0.4, 0.5) is 5.82 Å². The minimum atomic E-state index is 0.0442. The fourth-order valence-corrected chi connectivity index (χ4v) is 3.68. The lowest BCUT2D eigenvalue weighted by atomic mass is 9.97. The molecule has 2 aromatic carbocycles. The third-order valence-electron chi connectivity index (χ3n) is 5.41. The molecule has 0 spiro atoms. The van der Waals surface area contributed by atoms with Gasteiger partial charge in [0.2, 0.25) is 0 Å². The van der Waals surface area contributed by atoms with Crippen LogP contribution < -0.4 is 5.32 Å². The maximum absolute atomic E-state index is 9.93. The lowest BCUT2D eigenvalue weighted by Gasteiger charge is -2.13. The molecule has 0 atom stereocenters. The van der Waals surface area contributed by atoms with Crippen LogP contribution in [0.3, 0.4) is 0 Å². The second-order valence-electron chi connectivity index (χ2n) is 7.66. The van der Waals surface area contributed by atoms with E-state index in [4.69, 9.17) is 0 Å². The Balaban J connectivity index is 1.55. The molecule has 1 aliphatic carbocycles. The number of nitrogens with zero attached hydrogens (tertiary/aromatic N) is 3. The number of nitrogens with one attached hydrogen (secondary N) is 1. The number of rotatable bonds is 5. The van der Waals surface area contributed by atoms with Gasteiger partial charge in [0.15, 0.2) is 11.8 Å². The molecule has 6 nitrogen and oxygen atoms in total. The molecular formula is C23H22N4O2. The smallest absolute Gasteiger partial charge is 0.194 e. The van der Waals surface area contributed by atoms with E-state index >= 15 is 0 Å². The van der Waals surface area contributed by atoms with Gasteiger partial charge in [0.1, 0.15) is 12.1 Å². The molecule has 6 heteroatoms. The number of hydrogen-bond donors (Lipinski definition) is 3. The molecule has 4 aromatic rings. The van der Waals surface area contributed by atoms with Gasteiger partial charge in [0, 0.05) is 23.6 Å². The van der Waals surface area contributed by atoms with Gasteiger partial charge in [-0.3, -0.25) is 4.57 Å². The number of fused-ring (bicyclic) bond motifs is 1. The molecule has 0 radical (unpaired) electrons. The van der Waals surface area contributed by atoms with Crippen LogP contribution in [0, 0.1) is 6.92 Å². The molecular weight excluding hydrogens is 364 g/mol. The SMILES string of the molecule is Cc1cc2ncnc(NC3CC3)c2cc1-c1cccc(Cn2c(O)ccc2O)c1. The Labute approximate surface area is 168 Å². The summed E-state index contributed by atoms with van der Waals surface area (Å²) in [5, 5.41) is 24.4. The van der Waals surface area contributed by atoms with Crippen LogP contribution in [0.5, 0.6) is 11.8 Å². The van der Waals surface area contributed by atoms with Crippen LogP contribution in [0.15, 0.2) is 54.9 Å². The van der Waals surface area contributed by atoms with E-state index in [-0.39, 0.29) is 11.8 Å². The van der Waals surface area contributed by atoms with Crippen molar-refractivity contribution >= 4 is 16.7 Å². The highest BCUT2D eigenvalue weighted by Crippen LogP contribution is 2.33. The Hall–Kier alpha value is -3.54. The van der Waals surface area contributed by atoms with Crippen molar-refractivity contribution in [2.75, 3.05) is 5.32 Å². The average molecular weight is 386 g/mol. The lowest BCUT2D eigenvalue weighted by Crippen LogP contribution is -2.04. The van der Waals surface area contributed by atoms with Crippen molar-refractivity contribution in [2.45, 2.75) is 32.4 Å². The first-order valence-electron chi connectivity index (χ1n) is 9.77. The zero-order chi connectivity index (χ0) is 20.0. The van der Waals surface area contributed by atoms with Crippen molar-refractivity contribution in [3.8, 4) is 22.9 Å². The minimum Gasteiger partial charge on any atom is -0.494 e. The topological polar surface area (TPSA) is 83.2 Å². The molecule has 1 aliphatic rings. The van der Waals surface area contributed by atoms with Crippen LogP contribution in [0.2, 0.25) is 0 Å². The predicted octanol–water partition coefficient (Wildman–Crippen LogP) is 4.44. The molecule has 3 N–H and O–H groups in total. The Kier molecular flexibility index (Phi) is 4.12. The van der Waals surface area contributed by atoms with E-state index in [1.165, 1.54) is 29.5 Å². The van der Waals surface area contributed by atoms with Crippen LogP contribution in [-0.2, 0) is 6.54 Å². The lowest BCUT2D eigenvalue weighted by molar-refractivity contribution is 0.377. The monoisotopic (exact) mass is 386 g/mol. The summed E-state index contributed by atoms with van der Waals surface area (Å²) in [6, 6.07) is 15.9. The summed E-state index contributed by atoms with van der Waals surface area (Å²) in [5.74, 6) is 0.975. The highest BCUT2D eigenvalue weighted by atomic mass is 16.3. The van der Waals surface area contributed by atoms with Gasteiger partial charge in [-0.05, 0) is 60.2 Å². The number of anilines is 1. The molecule has 0 aliphatic heterocycles. The van der Waals surface area contributed by atoms with Gasteiger partial charge in [0.25, 0.3) is 0 Å². The Bertz CT molecular complexity index is 1190. The first-order valence-corrected chi connectivity index (χ1v) is 9.77. The maximum atomic E-state index is 9.93. The zero-order valence-corrected chi connectivity index (χ0v) is 16.1. The number of aromatic hydroxyl groups is 2. The Morgan fingerprint density at radius 2 is 1.83 bits per heavy atom. The van der Waals surface area contributed by atoms with Crippen LogP contribution in [-0.4, -0.2) is 30.8 Å².